The fraction of sp³-hybridized carbons (Fsp3) is 0.450. The molecule has 2 amide bonds. The Morgan fingerprint density at radius 2 is 1.97 bits per heavy atom. The van der Waals surface area contributed by atoms with E-state index in [0.717, 1.165) is 23.7 Å². The summed E-state index contributed by atoms with van der Waals surface area (Å²) in [6.07, 6.45) is -1.58. The highest BCUT2D eigenvalue weighted by Crippen LogP contribution is 2.44. The number of aromatic nitrogens is 2. The molecular weight excluding hydrogens is 399 g/mol. The molecule has 2 aromatic rings. The average molecular weight is 421 g/mol. The van der Waals surface area contributed by atoms with Gasteiger partial charge in [0.25, 0.3) is 5.91 Å². The summed E-state index contributed by atoms with van der Waals surface area (Å²) in [5, 5.41) is 12.3. The second-order valence-corrected chi connectivity index (χ2v) is 7.56. The zero-order chi connectivity index (χ0) is 21.3. The summed E-state index contributed by atoms with van der Waals surface area (Å²) in [5.74, 6) is -0.908. The van der Waals surface area contributed by atoms with Crippen LogP contribution in [0.3, 0.4) is 0 Å². The predicted octanol–water partition coefficient (Wildman–Crippen LogP) is 2.94. The molecule has 3 N–H and O–H groups in total. The minimum absolute atomic E-state index is 0.00366. The van der Waals surface area contributed by atoms with Crippen molar-refractivity contribution < 1.29 is 22.8 Å². The van der Waals surface area contributed by atoms with Gasteiger partial charge < -0.3 is 16.0 Å². The first-order valence-corrected chi connectivity index (χ1v) is 9.89. The second-order valence-electron chi connectivity index (χ2n) is 7.56. The summed E-state index contributed by atoms with van der Waals surface area (Å²) in [6.45, 7) is 0.544. The Hall–Kier alpha value is -3.04. The SMILES string of the molecule is O=C(NC1CCCCNC1=O)c1cnn2c1NC(c1ccccc1)CC2C(F)(F)F. The summed E-state index contributed by atoms with van der Waals surface area (Å²) < 4.78 is 42.1. The van der Waals surface area contributed by atoms with Crippen LogP contribution < -0.4 is 16.0 Å². The van der Waals surface area contributed by atoms with E-state index in [1.165, 1.54) is 0 Å². The summed E-state index contributed by atoms with van der Waals surface area (Å²) >= 11 is 0. The molecule has 0 spiro atoms. The van der Waals surface area contributed by atoms with Crippen molar-refractivity contribution in [2.45, 2.75) is 50.0 Å². The maximum atomic E-state index is 13.7. The fourth-order valence-electron chi connectivity index (χ4n) is 3.95. The van der Waals surface area contributed by atoms with Crippen molar-refractivity contribution in [2.75, 3.05) is 11.9 Å². The molecule has 160 valence electrons. The van der Waals surface area contributed by atoms with E-state index >= 15 is 0 Å². The Balaban J connectivity index is 1.64. The van der Waals surface area contributed by atoms with Crippen LogP contribution in [-0.4, -0.2) is 40.4 Å². The first-order chi connectivity index (χ1) is 14.3. The molecule has 3 unspecified atom stereocenters. The molecule has 2 aliphatic rings. The molecule has 0 aliphatic carbocycles. The monoisotopic (exact) mass is 421 g/mol. The van der Waals surface area contributed by atoms with Crippen molar-refractivity contribution in [2.24, 2.45) is 0 Å². The molecule has 1 saturated heterocycles. The van der Waals surface area contributed by atoms with E-state index < -0.39 is 30.2 Å². The third-order valence-corrected chi connectivity index (χ3v) is 5.53. The average Bonchev–Trinajstić information content (AvgIpc) is 3.05. The van der Waals surface area contributed by atoms with Gasteiger partial charge in [0.05, 0.1) is 12.2 Å². The van der Waals surface area contributed by atoms with Gasteiger partial charge in [-0.2, -0.15) is 18.3 Å². The Labute approximate surface area is 171 Å². The van der Waals surface area contributed by atoms with Gasteiger partial charge in [0, 0.05) is 13.0 Å². The van der Waals surface area contributed by atoms with Gasteiger partial charge in [-0.25, -0.2) is 4.68 Å². The van der Waals surface area contributed by atoms with E-state index in [0.29, 0.717) is 18.5 Å². The smallest absolute Gasteiger partial charge is 0.363 e. The largest absolute Gasteiger partial charge is 0.410 e. The van der Waals surface area contributed by atoms with Crippen LogP contribution in [0.2, 0.25) is 0 Å². The number of carbonyl (C=O) groups is 2. The molecule has 3 atom stereocenters. The van der Waals surface area contributed by atoms with E-state index in [9.17, 15) is 22.8 Å². The number of hydrogen-bond donors (Lipinski definition) is 3. The molecule has 0 radical (unpaired) electrons. The Bertz CT molecular complexity index is 928. The number of fused-ring (bicyclic) bond motifs is 1. The molecule has 1 aromatic carbocycles. The summed E-state index contributed by atoms with van der Waals surface area (Å²) in [6, 6.07) is 5.57. The molecule has 3 heterocycles. The van der Waals surface area contributed by atoms with Crippen LogP contribution in [-0.2, 0) is 4.79 Å². The van der Waals surface area contributed by atoms with Crippen molar-refractivity contribution in [3.8, 4) is 0 Å². The van der Waals surface area contributed by atoms with Crippen molar-refractivity contribution in [1.82, 2.24) is 20.4 Å². The van der Waals surface area contributed by atoms with E-state index in [2.05, 4.69) is 21.0 Å². The van der Waals surface area contributed by atoms with Crippen molar-refractivity contribution in [3.63, 3.8) is 0 Å². The highest BCUT2D eigenvalue weighted by atomic mass is 19.4. The zero-order valence-electron chi connectivity index (χ0n) is 16.1. The lowest BCUT2D eigenvalue weighted by atomic mass is 9.96. The maximum absolute atomic E-state index is 13.7. The molecule has 0 saturated carbocycles. The van der Waals surface area contributed by atoms with Crippen LogP contribution in [0.1, 0.15) is 53.7 Å². The quantitative estimate of drug-likeness (QED) is 0.711. The topological polar surface area (TPSA) is 88.1 Å². The van der Waals surface area contributed by atoms with Crippen molar-refractivity contribution >= 4 is 17.6 Å². The highest BCUT2D eigenvalue weighted by molar-refractivity contribution is 6.01. The van der Waals surface area contributed by atoms with Crippen LogP contribution in [0.5, 0.6) is 0 Å². The van der Waals surface area contributed by atoms with Gasteiger partial charge in [-0.1, -0.05) is 30.3 Å². The molecule has 0 bridgehead atoms. The van der Waals surface area contributed by atoms with Gasteiger partial charge in [0.15, 0.2) is 6.04 Å². The fourth-order valence-corrected chi connectivity index (χ4v) is 3.95. The standard InChI is InChI=1S/C20H22F3N5O2/c21-20(22,23)16-10-15(12-6-2-1-3-7-12)26-17-13(11-25-28(16)17)18(29)27-14-8-4-5-9-24-19(14)30/h1-3,6-7,11,14-16,26H,4-5,8-10H2,(H,24,30)(H,27,29). The molecule has 30 heavy (non-hydrogen) atoms. The van der Waals surface area contributed by atoms with Crippen molar-refractivity contribution in [1.29, 1.82) is 0 Å². The minimum Gasteiger partial charge on any atom is -0.363 e. The number of anilines is 1. The van der Waals surface area contributed by atoms with Gasteiger partial charge in [-0.05, 0) is 24.8 Å². The lowest BCUT2D eigenvalue weighted by Crippen LogP contribution is -2.45. The maximum Gasteiger partial charge on any atom is 0.410 e. The number of benzene rings is 1. The summed E-state index contributed by atoms with van der Waals surface area (Å²) in [5.41, 5.74) is 0.677. The lowest BCUT2D eigenvalue weighted by Gasteiger charge is -2.34. The van der Waals surface area contributed by atoms with E-state index in [-0.39, 0.29) is 23.7 Å². The summed E-state index contributed by atoms with van der Waals surface area (Å²) in [4.78, 5) is 25.0. The Kier molecular flexibility index (Phi) is 5.40. The lowest BCUT2D eigenvalue weighted by molar-refractivity contribution is -0.173. The second kappa shape index (κ2) is 8.00. The number of nitrogens with zero attached hydrogens (tertiary/aromatic N) is 2. The number of halogens is 3. The zero-order valence-corrected chi connectivity index (χ0v) is 16.1. The first-order valence-electron chi connectivity index (χ1n) is 9.89. The molecule has 4 rings (SSSR count). The van der Waals surface area contributed by atoms with Crippen LogP contribution in [0.15, 0.2) is 36.5 Å². The third kappa shape index (κ3) is 3.99. The van der Waals surface area contributed by atoms with Crippen LogP contribution in [0.4, 0.5) is 19.0 Å². The first kappa shape index (κ1) is 20.2. The molecule has 2 aliphatic heterocycles. The number of alkyl halides is 3. The van der Waals surface area contributed by atoms with E-state index in [1.807, 2.05) is 0 Å². The van der Waals surface area contributed by atoms with Gasteiger partial charge in [-0.15, -0.1) is 0 Å². The molecular formula is C20H22F3N5O2. The van der Waals surface area contributed by atoms with Crippen LogP contribution >= 0.6 is 0 Å². The number of rotatable bonds is 3. The van der Waals surface area contributed by atoms with Gasteiger partial charge >= 0.3 is 6.18 Å². The number of nitrogens with one attached hydrogen (secondary N) is 3. The highest BCUT2D eigenvalue weighted by Gasteiger charge is 2.47. The number of hydrogen-bond acceptors (Lipinski definition) is 4. The molecule has 1 aromatic heterocycles. The normalized spacial score (nSPS) is 24.2. The number of amides is 2. The van der Waals surface area contributed by atoms with Gasteiger partial charge in [0.2, 0.25) is 5.91 Å². The van der Waals surface area contributed by atoms with Gasteiger partial charge in [0.1, 0.15) is 17.4 Å². The van der Waals surface area contributed by atoms with E-state index in [4.69, 9.17) is 0 Å². The summed E-state index contributed by atoms with van der Waals surface area (Å²) in [7, 11) is 0. The third-order valence-electron chi connectivity index (χ3n) is 5.53. The Morgan fingerprint density at radius 1 is 1.20 bits per heavy atom. The van der Waals surface area contributed by atoms with Gasteiger partial charge in [-0.3, -0.25) is 9.59 Å². The van der Waals surface area contributed by atoms with Crippen LogP contribution in [0, 0.1) is 0 Å². The minimum atomic E-state index is -4.52. The number of carbonyl (C=O) groups excluding carboxylic acids is 2. The van der Waals surface area contributed by atoms with E-state index in [1.54, 1.807) is 30.3 Å². The predicted molar refractivity (Wildman–Crippen MR) is 103 cm³/mol. The van der Waals surface area contributed by atoms with Crippen molar-refractivity contribution in [3.05, 3.63) is 47.7 Å². The van der Waals surface area contributed by atoms with Crippen LogP contribution in [0.25, 0.3) is 0 Å². The molecule has 7 nitrogen and oxygen atoms in total. The Morgan fingerprint density at radius 3 is 2.70 bits per heavy atom. The molecule has 10 heteroatoms. The molecule has 1 fully saturated rings.